The Morgan fingerprint density at radius 1 is 1.38 bits per heavy atom. The van der Waals surface area contributed by atoms with E-state index in [4.69, 9.17) is 9.15 Å². The van der Waals surface area contributed by atoms with Gasteiger partial charge in [-0.05, 0) is 19.1 Å². The van der Waals surface area contributed by atoms with Crippen LogP contribution in [0.2, 0.25) is 0 Å². The van der Waals surface area contributed by atoms with Crippen LogP contribution in [0.15, 0.2) is 33.5 Å². The predicted octanol–water partition coefficient (Wildman–Crippen LogP) is 1.79. The summed E-state index contributed by atoms with van der Waals surface area (Å²) in [4.78, 5) is 11.8. The minimum Gasteiger partial charge on any atom is -0.477 e. The van der Waals surface area contributed by atoms with Crippen molar-refractivity contribution >= 4 is 11.0 Å². The van der Waals surface area contributed by atoms with Gasteiger partial charge in [0.15, 0.2) is 0 Å². The van der Waals surface area contributed by atoms with Gasteiger partial charge >= 0.3 is 5.63 Å². The minimum atomic E-state index is -0.326. The Morgan fingerprint density at radius 2 is 2.19 bits per heavy atom. The van der Waals surface area contributed by atoms with Crippen molar-refractivity contribution in [1.82, 2.24) is 5.32 Å². The van der Waals surface area contributed by atoms with E-state index in [1.54, 1.807) is 6.07 Å². The Balaban J connectivity index is 2.44. The third-order valence-corrected chi connectivity index (χ3v) is 2.84. The van der Waals surface area contributed by atoms with E-state index in [2.05, 4.69) is 5.32 Å². The Hall–Kier alpha value is -1.81. The van der Waals surface area contributed by atoms with Crippen molar-refractivity contribution in [3.8, 4) is 5.75 Å². The van der Waals surface area contributed by atoms with Crippen LogP contribution in [0.5, 0.6) is 5.75 Å². The van der Waals surface area contributed by atoms with Gasteiger partial charge in [-0.1, -0.05) is 12.1 Å². The lowest BCUT2D eigenvalue weighted by Gasteiger charge is -2.23. The van der Waals surface area contributed by atoms with E-state index in [9.17, 15) is 4.79 Å². The fourth-order valence-corrected chi connectivity index (χ4v) is 2.01. The first kappa shape index (κ1) is 9.42. The van der Waals surface area contributed by atoms with Crippen LogP contribution in [0.1, 0.15) is 18.5 Å². The van der Waals surface area contributed by atoms with Crippen LogP contribution in [-0.2, 0) is 0 Å². The van der Waals surface area contributed by atoms with Crippen molar-refractivity contribution in [2.45, 2.75) is 13.0 Å². The molecule has 0 saturated carbocycles. The molecule has 1 aliphatic heterocycles. The maximum absolute atomic E-state index is 11.8. The Labute approximate surface area is 91.8 Å². The van der Waals surface area contributed by atoms with Gasteiger partial charge in [-0.25, -0.2) is 4.79 Å². The number of nitrogens with one attached hydrogen (secondary N) is 1. The van der Waals surface area contributed by atoms with Gasteiger partial charge in [0.05, 0.1) is 10.9 Å². The van der Waals surface area contributed by atoms with Crippen molar-refractivity contribution in [2.75, 3.05) is 6.73 Å². The van der Waals surface area contributed by atoms with E-state index in [-0.39, 0.29) is 11.7 Å². The van der Waals surface area contributed by atoms with Crippen LogP contribution in [0, 0.1) is 0 Å². The predicted molar refractivity (Wildman–Crippen MR) is 59.5 cm³/mol. The molecule has 2 heterocycles. The van der Waals surface area contributed by atoms with Crippen LogP contribution in [0.4, 0.5) is 0 Å². The second kappa shape index (κ2) is 3.35. The normalized spacial score (nSPS) is 19.2. The van der Waals surface area contributed by atoms with E-state index >= 15 is 0 Å². The molecule has 4 heteroatoms. The molecule has 16 heavy (non-hydrogen) atoms. The van der Waals surface area contributed by atoms with E-state index in [1.807, 2.05) is 25.1 Å². The smallest absolute Gasteiger partial charge is 0.344 e. The summed E-state index contributed by atoms with van der Waals surface area (Å²) in [6.07, 6.45) is 0. The summed E-state index contributed by atoms with van der Waals surface area (Å²) in [5.41, 5.74) is 0.818. The standard InChI is InChI=1S/C12H11NO3/c1-7-10-11(15-6-13-7)8-4-2-3-5-9(8)16-12(10)14/h2-5,7,13H,6H2,1H3. The zero-order valence-corrected chi connectivity index (χ0v) is 8.82. The summed E-state index contributed by atoms with van der Waals surface area (Å²) >= 11 is 0. The van der Waals surface area contributed by atoms with Gasteiger partial charge in [0.2, 0.25) is 0 Å². The summed E-state index contributed by atoms with van der Waals surface area (Å²) in [6, 6.07) is 7.37. The van der Waals surface area contributed by atoms with Crippen molar-refractivity contribution in [3.63, 3.8) is 0 Å². The van der Waals surface area contributed by atoms with E-state index in [1.165, 1.54) is 0 Å². The summed E-state index contributed by atoms with van der Waals surface area (Å²) in [7, 11) is 0. The van der Waals surface area contributed by atoms with Gasteiger partial charge in [0.25, 0.3) is 0 Å². The molecule has 1 unspecified atom stereocenters. The van der Waals surface area contributed by atoms with Gasteiger partial charge in [0, 0.05) is 6.04 Å². The minimum absolute atomic E-state index is 0.0374. The molecule has 1 N–H and O–H groups in total. The molecule has 1 aromatic heterocycles. The first-order valence-corrected chi connectivity index (χ1v) is 5.19. The molecule has 0 fully saturated rings. The van der Waals surface area contributed by atoms with Crippen molar-refractivity contribution < 1.29 is 9.15 Å². The Morgan fingerprint density at radius 3 is 3.06 bits per heavy atom. The number of fused-ring (bicyclic) bond motifs is 3. The molecule has 0 aliphatic carbocycles. The number of ether oxygens (including phenoxy) is 1. The van der Waals surface area contributed by atoms with Gasteiger partial charge in [-0.2, -0.15) is 0 Å². The molecule has 3 rings (SSSR count). The maximum Gasteiger partial charge on any atom is 0.344 e. The molecular formula is C12H11NO3. The monoisotopic (exact) mass is 217 g/mol. The molecular weight excluding hydrogens is 206 g/mol. The molecule has 4 nitrogen and oxygen atoms in total. The molecule has 1 aromatic carbocycles. The quantitative estimate of drug-likeness (QED) is 0.683. The summed E-state index contributed by atoms with van der Waals surface area (Å²) in [5.74, 6) is 0.651. The molecule has 2 aromatic rings. The molecule has 1 aliphatic rings. The van der Waals surface area contributed by atoms with Crippen LogP contribution in [0.25, 0.3) is 11.0 Å². The first-order valence-electron chi connectivity index (χ1n) is 5.19. The highest BCUT2D eigenvalue weighted by atomic mass is 16.5. The number of para-hydroxylation sites is 1. The largest absolute Gasteiger partial charge is 0.477 e. The fraction of sp³-hybridized carbons (Fsp3) is 0.250. The van der Waals surface area contributed by atoms with E-state index in [0.29, 0.717) is 23.6 Å². The summed E-state index contributed by atoms with van der Waals surface area (Å²) in [6.45, 7) is 2.34. The highest BCUT2D eigenvalue weighted by molar-refractivity contribution is 5.84. The second-order valence-electron chi connectivity index (χ2n) is 3.84. The average molecular weight is 217 g/mol. The highest BCUT2D eigenvalue weighted by Gasteiger charge is 2.24. The van der Waals surface area contributed by atoms with Gasteiger partial charge in [0.1, 0.15) is 18.1 Å². The Bertz CT molecular complexity index is 603. The van der Waals surface area contributed by atoms with Gasteiger partial charge < -0.3 is 9.15 Å². The SMILES string of the molecule is CC1NCOc2c1c(=O)oc1ccccc21. The van der Waals surface area contributed by atoms with Crippen LogP contribution < -0.4 is 15.7 Å². The third-order valence-electron chi connectivity index (χ3n) is 2.84. The van der Waals surface area contributed by atoms with Crippen LogP contribution >= 0.6 is 0 Å². The second-order valence-corrected chi connectivity index (χ2v) is 3.84. The molecule has 0 bridgehead atoms. The van der Waals surface area contributed by atoms with Crippen LogP contribution in [0.3, 0.4) is 0 Å². The molecule has 0 amide bonds. The molecule has 1 atom stereocenters. The summed E-state index contributed by atoms with van der Waals surface area (Å²) in [5, 5.41) is 3.91. The van der Waals surface area contributed by atoms with Gasteiger partial charge in [-0.3, -0.25) is 5.32 Å². The molecule has 82 valence electrons. The highest BCUT2D eigenvalue weighted by Crippen LogP contribution is 2.32. The number of benzene rings is 1. The van der Waals surface area contributed by atoms with Crippen molar-refractivity contribution in [2.24, 2.45) is 0 Å². The number of hydrogen-bond acceptors (Lipinski definition) is 4. The number of hydrogen-bond donors (Lipinski definition) is 1. The molecule has 0 saturated heterocycles. The summed E-state index contributed by atoms with van der Waals surface area (Å²) < 4.78 is 10.8. The fourth-order valence-electron chi connectivity index (χ4n) is 2.01. The average Bonchev–Trinajstić information content (AvgIpc) is 2.29. The van der Waals surface area contributed by atoms with Crippen LogP contribution in [-0.4, -0.2) is 6.73 Å². The first-order chi connectivity index (χ1) is 7.77. The lowest BCUT2D eigenvalue weighted by atomic mass is 10.1. The van der Waals surface area contributed by atoms with Crippen molar-refractivity contribution in [1.29, 1.82) is 0 Å². The van der Waals surface area contributed by atoms with Crippen molar-refractivity contribution in [3.05, 3.63) is 40.2 Å². The molecule has 0 radical (unpaired) electrons. The van der Waals surface area contributed by atoms with E-state index < -0.39 is 0 Å². The maximum atomic E-state index is 11.8. The zero-order chi connectivity index (χ0) is 11.1. The Kier molecular flexibility index (Phi) is 1.97. The lowest BCUT2D eigenvalue weighted by Crippen LogP contribution is -2.33. The van der Waals surface area contributed by atoms with Gasteiger partial charge in [-0.15, -0.1) is 0 Å². The zero-order valence-electron chi connectivity index (χ0n) is 8.82. The molecule has 0 spiro atoms. The third kappa shape index (κ3) is 1.23. The lowest BCUT2D eigenvalue weighted by molar-refractivity contribution is 0.234. The number of rotatable bonds is 0. The topological polar surface area (TPSA) is 51.5 Å². The van der Waals surface area contributed by atoms with E-state index in [0.717, 1.165) is 5.39 Å².